The molecule has 4 aromatic carbocycles. The molecular weight excluding hydrogens is 540 g/mol. The second kappa shape index (κ2) is 11.0. The van der Waals surface area contributed by atoms with Crippen LogP contribution in [-0.2, 0) is 12.8 Å². The zero-order valence-electron chi connectivity index (χ0n) is 22.3. The molecule has 0 saturated heterocycles. The zero-order chi connectivity index (χ0) is 26.8. The van der Waals surface area contributed by atoms with E-state index in [9.17, 15) is 0 Å². The van der Waals surface area contributed by atoms with Crippen molar-refractivity contribution in [1.29, 1.82) is 0 Å². The maximum atomic E-state index is 3.54. The van der Waals surface area contributed by atoms with E-state index in [1.807, 2.05) is 18.3 Å². The molecule has 0 bridgehead atoms. The normalized spacial score (nSPS) is 13.1. The van der Waals surface area contributed by atoms with E-state index >= 15 is 0 Å². The molecule has 2 aromatic heterocycles. The Kier molecular flexibility index (Phi) is 7.08. The fourth-order valence-electron chi connectivity index (χ4n) is 5.52. The highest BCUT2D eigenvalue weighted by Crippen LogP contribution is 2.32. The van der Waals surface area contributed by atoms with Crippen molar-refractivity contribution in [1.82, 2.24) is 9.55 Å². The van der Waals surface area contributed by atoms with Crippen molar-refractivity contribution in [3.63, 3.8) is 0 Å². The van der Waals surface area contributed by atoms with Gasteiger partial charge in [0.15, 0.2) is 0 Å². The van der Waals surface area contributed by atoms with Crippen LogP contribution in [0.15, 0.2) is 125 Å². The predicted octanol–water partition coefficient (Wildman–Crippen LogP) is 10.2. The van der Waals surface area contributed by atoms with Gasteiger partial charge in [-0.2, -0.15) is 0 Å². The van der Waals surface area contributed by atoms with E-state index in [1.54, 1.807) is 0 Å². The van der Waals surface area contributed by atoms with Crippen LogP contribution in [0.4, 0.5) is 0 Å². The van der Waals surface area contributed by atoms with Crippen molar-refractivity contribution in [2.24, 2.45) is 0 Å². The van der Waals surface area contributed by atoms with Crippen LogP contribution in [0.2, 0.25) is 0 Å². The molecule has 39 heavy (non-hydrogen) atoms. The molecule has 1 N–H and O–H groups in total. The third kappa shape index (κ3) is 5.28. The smallest absolute Gasteiger partial charge is 0.0528 e. The van der Waals surface area contributed by atoms with Crippen LogP contribution in [0.5, 0.6) is 0 Å². The molecule has 3 heteroatoms. The number of hydrogen-bond acceptors (Lipinski definition) is 0. The summed E-state index contributed by atoms with van der Waals surface area (Å²) in [5, 5.41) is 2.57. The summed E-state index contributed by atoms with van der Waals surface area (Å²) in [5.41, 5.74) is 12.3. The molecule has 2 aliphatic rings. The van der Waals surface area contributed by atoms with Gasteiger partial charge in [0.25, 0.3) is 0 Å². The van der Waals surface area contributed by atoms with Crippen LogP contribution < -0.4 is 0 Å². The Hall–Kier alpha value is -4.08. The number of halogens is 1. The minimum atomic E-state index is 1.07. The number of aromatic amines is 1. The van der Waals surface area contributed by atoms with E-state index in [0.29, 0.717) is 0 Å². The van der Waals surface area contributed by atoms with Crippen molar-refractivity contribution in [2.45, 2.75) is 26.7 Å². The lowest BCUT2D eigenvalue weighted by Gasteiger charge is -2.11. The average Bonchev–Trinajstić information content (AvgIpc) is 3.74. The first-order chi connectivity index (χ1) is 19.1. The summed E-state index contributed by atoms with van der Waals surface area (Å²) >= 11 is 3.54. The van der Waals surface area contributed by atoms with E-state index < -0.39 is 0 Å². The summed E-state index contributed by atoms with van der Waals surface area (Å²) in [6.45, 7) is 4.38. The average molecular weight is 572 g/mol. The summed E-state index contributed by atoms with van der Waals surface area (Å²) in [6, 6.07) is 33.9. The van der Waals surface area contributed by atoms with Crippen LogP contribution >= 0.6 is 15.9 Å². The molecule has 6 aromatic rings. The van der Waals surface area contributed by atoms with Crippen molar-refractivity contribution in [2.75, 3.05) is 0 Å². The molecule has 0 fully saturated rings. The standard InChI is InChI=1S/C18H15N.C10H9Br.C8H7N/c1-13-11-15-6-4-8-18(16(15)12-13)19-10-9-14-5-2-3-7-17(14)19;1-7-5-8-3-2-4-10(11)9(8)6-7;1-2-4-8-7(3-1)5-6-9-8/h2-11H,12H2,1H3;2-5H,6H2,1H3;1-6,9H. The summed E-state index contributed by atoms with van der Waals surface area (Å²) in [4.78, 5) is 3.12. The highest BCUT2D eigenvalue weighted by molar-refractivity contribution is 9.10. The fraction of sp³-hybridized carbons (Fsp3) is 0.111. The number of aromatic nitrogens is 2. The molecule has 0 unspecified atom stereocenters. The minimum Gasteiger partial charge on any atom is -0.361 e. The van der Waals surface area contributed by atoms with Crippen LogP contribution in [0.1, 0.15) is 36.1 Å². The lowest BCUT2D eigenvalue weighted by molar-refractivity contribution is 1.07. The maximum Gasteiger partial charge on any atom is 0.0528 e. The largest absolute Gasteiger partial charge is 0.361 e. The van der Waals surface area contributed by atoms with Crippen molar-refractivity contribution >= 4 is 49.9 Å². The van der Waals surface area contributed by atoms with Crippen LogP contribution in [0.25, 0.3) is 39.6 Å². The molecule has 0 atom stereocenters. The lowest BCUT2D eigenvalue weighted by atomic mass is 10.1. The summed E-state index contributed by atoms with van der Waals surface area (Å²) < 4.78 is 3.55. The number of rotatable bonds is 1. The van der Waals surface area contributed by atoms with Gasteiger partial charge in [0.05, 0.1) is 5.52 Å². The summed E-state index contributed by atoms with van der Waals surface area (Å²) in [5.74, 6) is 0. The zero-order valence-corrected chi connectivity index (χ0v) is 23.9. The number of nitrogens with one attached hydrogen (secondary N) is 1. The number of allylic oxidation sites excluding steroid dienone is 2. The van der Waals surface area contributed by atoms with Crippen molar-refractivity contribution in [3.8, 4) is 5.69 Å². The molecule has 2 heterocycles. The summed E-state index contributed by atoms with van der Waals surface area (Å²) in [6.07, 6.45) is 10.8. The molecule has 0 spiro atoms. The number of nitrogens with zero attached hydrogens (tertiary/aromatic N) is 1. The number of para-hydroxylation sites is 2. The van der Waals surface area contributed by atoms with E-state index in [-0.39, 0.29) is 0 Å². The highest BCUT2D eigenvalue weighted by Gasteiger charge is 2.15. The third-order valence-electron chi connectivity index (χ3n) is 7.38. The molecule has 0 amide bonds. The third-order valence-corrected chi connectivity index (χ3v) is 8.12. The van der Waals surface area contributed by atoms with Crippen LogP contribution in [0, 0.1) is 0 Å². The molecular formula is C36H31BrN2. The molecule has 2 nitrogen and oxygen atoms in total. The fourth-order valence-corrected chi connectivity index (χ4v) is 6.04. The first-order valence-corrected chi connectivity index (χ1v) is 14.2. The maximum absolute atomic E-state index is 3.54. The monoisotopic (exact) mass is 570 g/mol. The molecule has 0 aliphatic heterocycles. The number of fused-ring (bicyclic) bond motifs is 4. The Morgan fingerprint density at radius 1 is 0.641 bits per heavy atom. The topological polar surface area (TPSA) is 20.7 Å². The predicted molar refractivity (Wildman–Crippen MR) is 170 cm³/mol. The quantitative estimate of drug-likeness (QED) is 0.203. The molecule has 2 aliphatic carbocycles. The van der Waals surface area contributed by atoms with Gasteiger partial charge in [-0.05, 0) is 96.1 Å². The Balaban J connectivity index is 0.000000117. The Labute approximate surface area is 238 Å². The Bertz CT molecular complexity index is 1820. The van der Waals surface area contributed by atoms with Crippen molar-refractivity contribution < 1.29 is 0 Å². The van der Waals surface area contributed by atoms with Gasteiger partial charge in [0.1, 0.15) is 0 Å². The van der Waals surface area contributed by atoms with Gasteiger partial charge in [-0.15, -0.1) is 0 Å². The van der Waals surface area contributed by atoms with E-state index in [0.717, 1.165) is 12.8 Å². The lowest BCUT2D eigenvalue weighted by Crippen LogP contribution is -1.98. The van der Waals surface area contributed by atoms with Gasteiger partial charge in [-0.25, -0.2) is 0 Å². The molecule has 0 saturated carbocycles. The number of hydrogen-bond donors (Lipinski definition) is 1. The van der Waals surface area contributed by atoms with Gasteiger partial charge >= 0.3 is 0 Å². The minimum absolute atomic E-state index is 1.07. The first-order valence-electron chi connectivity index (χ1n) is 13.4. The number of H-pyrrole nitrogens is 1. The van der Waals surface area contributed by atoms with E-state index in [4.69, 9.17) is 0 Å². The SMILES string of the molecule is CC1=Cc2cccc(-n3ccc4ccccc43)c2C1.CC1=Cc2cccc(Br)c2C1.c1ccc2[nH]ccc2c1. The van der Waals surface area contributed by atoms with Crippen LogP contribution in [-0.4, -0.2) is 9.55 Å². The van der Waals surface area contributed by atoms with Gasteiger partial charge in [0.2, 0.25) is 0 Å². The van der Waals surface area contributed by atoms with Gasteiger partial charge in [-0.1, -0.05) is 99.9 Å². The Morgan fingerprint density at radius 3 is 2.08 bits per heavy atom. The summed E-state index contributed by atoms with van der Waals surface area (Å²) in [7, 11) is 0. The van der Waals surface area contributed by atoms with Gasteiger partial charge in [0, 0.05) is 28.1 Å². The Morgan fingerprint density at radius 2 is 1.31 bits per heavy atom. The first kappa shape index (κ1) is 25.2. The van der Waals surface area contributed by atoms with Gasteiger partial charge < -0.3 is 9.55 Å². The second-order valence-electron chi connectivity index (χ2n) is 10.3. The molecule has 192 valence electrons. The van der Waals surface area contributed by atoms with Crippen molar-refractivity contribution in [3.05, 3.63) is 147 Å². The van der Waals surface area contributed by atoms with Crippen LogP contribution in [0.3, 0.4) is 0 Å². The molecule has 0 radical (unpaired) electrons. The van der Waals surface area contributed by atoms with E-state index in [1.165, 1.54) is 65.4 Å². The molecule has 8 rings (SSSR count). The second-order valence-corrected chi connectivity index (χ2v) is 11.2. The van der Waals surface area contributed by atoms with Gasteiger partial charge in [-0.3, -0.25) is 0 Å². The highest BCUT2D eigenvalue weighted by atomic mass is 79.9. The number of benzene rings is 4. The van der Waals surface area contributed by atoms with E-state index in [2.05, 4.69) is 143 Å².